The topological polar surface area (TPSA) is 50.4 Å². The summed E-state index contributed by atoms with van der Waals surface area (Å²) in [6, 6.07) is 0. The maximum absolute atomic E-state index is 11.0. The van der Waals surface area contributed by atoms with Crippen LogP contribution in [0.1, 0.15) is 53.4 Å². The van der Waals surface area contributed by atoms with Crippen LogP contribution in [0.4, 0.5) is 4.79 Å². The number of halogens is 1. The molecular weight excluding hydrogens is 252 g/mol. The molecule has 0 atom stereocenters. The minimum absolute atomic E-state index is 0. The van der Waals surface area contributed by atoms with Crippen LogP contribution in [-0.4, -0.2) is 31.3 Å². The smallest absolute Gasteiger partial charge is 0.407 e. The van der Waals surface area contributed by atoms with Crippen LogP contribution in [0.3, 0.4) is 0 Å². The van der Waals surface area contributed by atoms with Gasteiger partial charge in [0.15, 0.2) is 0 Å². The lowest BCUT2D eigenvalue weighted by atomic mass is 9.90. The first kappa shape index (κ1) is 19.9. The van der Waals surface area contributed by atoms with E-state index >= 15 is 0 Å². The monoisotopic (exact) mass is 280 g/mol. The van der Waals surface area contributed by atoms with Gasteiger partial charge in [-0.25, -0.2) is 4.79 Å². The molecule has 110 valence electrons. The molecule has 1 amide bonds. The summed E-state index contributed by atoms with van der Waals surface area (Å²) in [4.78, 5) is 11.0. The van der Waals surface area contributed by atoms with E-state index in [0.29, 0.717) is 13.2 Å². The van der Waals surface area contributed by atoms with E-state index in [1.54, 1.807) is 6.92 Å². The molecule has 0 aromatic rings. The Bertz CT molecular complexity index is 201. The Hall–Kier alpha value is -0.480. The highest BCUT2D eigenvalue weighted by Crippen LogP contribution is 2.18. The third-order valence-electron chi connectivity index (χ3n) is 3.43. The normalized spacial score (nSPS) is 10.7. The molecule has 0 aromatic heterocycles. The average Bonchev–Trinajstić information content (AvgIpc) is 2.35. The number of amides is 1. The summed E-state index contributed by atoms with van der Waals surface area (Å²) in [6.07, 6.45) is 4.04. The molecule has 0 bridgehead atoms. The molecule has 2 N–H and O–H groups in total. The quantitative estimate of drug-likeness (QED) is 0.638. The van der Waals surface area contributed by atoms with E-state index in [0.717, 1.165) is 32.2 Å². The SMILES string of the molecule is CCOC(=O)NCCCNC(CC)(CC)CC.Cl. The highest BCUT2D eigenvalue weighted by Gasteiger charge is 2.21. The number of hydrogen-bond donors (Lipinski definition) is 2. The molecule has 0 spiro atoms. The molecule has 0 rings (SSSR count). The Balaban J connectivity index is 0. The molecule has 5 heteroatoms. The lowest BCUT2D eigenvalue weighted by Crippen LogP contribution is -2.44. The second-order valence-corrected chi connectivity index (χ2v) is 4.27. The zero-order valence-corrected chi connectivity index (χ0v) is 13.0. The molecule has 0 aliphatic rings. The van der Waals surface area contributed by atoms with E-state index in [4.69, 9.17) is 4.74 Å². The van der Waals surface area contributed by atoms with Gasteiger partial charge in [0.05, 0.1) is 6.61 Å². The fourth-order valence-corrected chi connectivity index (χ4v) is 1.94. The van der Waals surface area contributed by atoms with Gasteiger partial charge in [-0.2, -0.15) is 0 Å². The van der Waals surface area contributed by atoms with E-state index in [1.807, 2.05) is 0 Å². The van der Waals surface area contributed by atoms with E-state index in [2.05, 4.69) is 31.4 Å². The standard InChI is InChI=1S/C13H28N2O2.ClH/c1-5-13(6-2,7-3)15-11-9-10-14-12(16)17-8-4;/h15H,5-11H2,1-4H3,(H,14,16);1H. The van der Waals surface area contributed by atoms with Crippen molar-refractivity contribution in [2.75, 3.05) is 19.7 Å². The lowest BCUT2D eigenvalue weighted by molar-refractivity contribution is 0.152. The van der Waals surface area contributed by atoms with Crippen LogP contribution < -0.4 is 10.6 Å². The molecule has 18 heavy (non-hydrogen) atoms. The minimum atomic E-state index is -0.319. The fourth-order valence-electron chi connectivity index (χ4n) is 1.94. The molecule has 0 aromatic carbocycles. The van der Waals surface area contributed by atoms with E-state index in [9.17, 15) is 4.79 Å². The number of nitrogens with one attached hydrogen (secondary N) is 2. The average molecular weight is 281 g/mol. The van der Waals surface area contributed by atoms with Crippen LogP contribution in [-0.2, 0) is 4.74 Å². The summed E-state index contributed by atoms with van der Waals surface area (Å²) in [7, 11) is 0. The van der Waals surface area contributed by atoms with Gasteiger partial charge in [-0.1, -0.05) is 20.8 Å². The maximum atomic E-state index is 11.0. The van der Waals surface area contributed by atoms with Gasteiger partial charge in [-0.05, 0) is 39.2 Å². The van der Waals surface area contributed by atoms with Gasteiger partial charge in [0.1, 0.15) is 0 Å². The number of alkyl carbamates (subject to hydrolysis) is 1. The van der Waals surface area contributed by atoms with Crippen molar-refractivity contribution >= 4 is 18.5 Å². The molecule has 0 saturated carbocycles. The lowest BCUT2D eigenvalue weighted by Gasteiger charge is -2.32. The van der Waals surface area contributed by atoms with Gasteiger partial charge in [0.2, 0.25) is 0 Å². The Morgan fingerprint density at radius 3 is 2.06 bits per heavy atom. The second kappa shape index (κ2) is 11.6. The third kappa shape index (κ3) is 7.77. The molecular formula is C13H29ClN2O2. The fraction of sp³-hybridized carbons (Fsp3) is 0.923. The van der Waals surface area contributed by atoms with Crippen LogP contribution in [0.5, 0.6) is 0 Å². The summed E-state index contributed by atoms with van der Waals surface area (Å²) in [5.74, 6) is 0. The van der Waals surface area contributed by atoms with Crippen molar-refractivity contribution in [1.29, 1.82) is 0 Å². The van der Waals surface area contributed by atoms with Crippen LogP contribution >= 0.6 is 12.4 Å². The third-order valence-corrected chi connectivity index (χ3v) is 3.43. The van der Waals surface area contributed by atoms with Crippen LogP contribution in [0, 0.1) is 0 Å². The first-order valence-electron chi connectivity index (χ1n) is 6.79. The Morgan fingerprint density at radius 1 is 1.06 bits per heavy atom. The van der Waals surface area contributed by atoms with Gasteiger partial charge in [-0.15, -0.1) is 12.4 Å². The second-order valence-electron chi connectivity index (χ2n) is 4.27. The number of carbonyl (C=O) groups excluding carboxylic acids is 1. The van der Waals surface area contributed by atoms with Crippen molar-refractivity contribution in [3.05, 3.63) is 0 Å². The molecule has 0 saturated heterocycles. The molecule has 4 nitrogen and oxygen atoms in total. The Kier molecular flexibility index (Phi) is 12.8. The predicted molar refractivity (Wildman–Crippen MR) is 78.5 cm³/mol. The highest BCUT2D eigenvalue weighted by molar-refractivity contribution is 5.85. The molecule has 0 fully saturated rings. The Morgan fingerprint density at radius 2 is 1.61 bits per heavy atom. The summed E-state index contributed by atoms with van der Waals surface area (Å²) in [5.41, 5.74) is 0.268. The zero-order valence-electron chi connectivity index (χ0n) is 12.2. The number of ether oxygens (including phenoxy) is 1. The molecule has 0 radical (unpaired) electrons. The van der Waals surface area contributed by atoms with Crippen molar-refractivity contribution in [2.24, 2.45) is 0 Å². The molecule has 0 aliphatic heterocycles. The Labute approximate surface area is 118 Å². The number of hydrogen-bond acceptors (Lipinski definition) is 3. The summed E-state index contributed by atoms with van der Waals surface area (Å²) in [6.45, 7) is 10.5. The van der Waals surface area contributed by atoms with Gasteiger partial charge in [0, 0.05) is 12.1 Å². The maximum Gasteiger partial charge on any atom is 0.407 e. The first-order chi connectivity index (χ1) is 8.14. The van der Waals surface area contributed by atoms with Crippen LogP contribution in [0.2, 0.25) is 0 Å². The summed E-state index contributed by atoms with van der Waals surface area (Å²) >= 11 is 0. The predicted octanol–water partition coefficient (Wildman–Crippen LogP) is 3.10. The molecule has 0 heterocycles. The number of rotatable bonds is 9. The zero-order chi connectivity index (χ0) is 13.1. The molecule has 0 unspecified atom stereocenters. The van der Waals surface area contributed by atoms with Crippen molar-refractivity contribution in [3.8, 4) is 0 Å². The summed E-state index contributed by atoms with van der Waals surface area (Å²) in [5, 5.41) is 6.32. The summed E-state index contributed by atoms with van der Waals surface area (Å²) < 4.78 is 4.78. The van der Waals surface area contributed by atoms with Gasteiger partial charge >= 0.3 is 6.09 Å². The van der Waals surface area contributed by atoms with Crippen molar-refractivity contribution in [3.63, 3.8) is 0 Å². The van der Waals surface area contributed by atoms with Gasteiger partial charge < -0.3 is 15.4 Å². The van der Waals surface area contributed by atoms with E-state index in [-0.39, 0.29) is 24.0 Å². The van der Waals surface area contributed by atoms with E-state index in [1.165, 1.54) is 0 Å². The van der Waals surface area contributed by atoms with Gasteiger partial charge in [0.25, 0.3) is 0 Å². The molecule has 0 aliphatic carbocycles. The highest BCUT2D eigenvalue weighted by atomic mass is 35.5. The van der Waals surface area contributed by atoms with Gasteiger partial charge in [-0.3, -0.25) is 0 Å². The largest absolute Gasteiger partial charge is 0.450 e. The van der Waals surface area contributed by atoms with Crippen molar-refractivity contribution in [2.45, 2.75) is 58.9 Å². The van der Waals surface area contributed by atoms with Crippen LogP contribution in [0.25, 0.3) is 0 Å². The first-order valence-corrected chi connectivity index (χ1v) is 6.79. The van der Waals surface area contributed by atoms with E-state index < -0.39 is 0 Å². The minimum Gasteiger partial charge on any atom is -0.450 e. The van der Waals surface area contributed by atoms with Crippen molar-refractivity contribution in [1.82, 2.24) is 10.6 Å². The number of carbonyl (C=O) groups is 1. The van der Waals surface area contributed by atoms with Crippen molar-refractivity contribution < 1.29 is 9.53 Å². The van der Waals surface area contributed by atoms with Crippen LogP contribution in [0.15, 0.2) is 0 Å².